The molecule has 0 spiro atoms. The molecular weight excluding hydrogens is 368 g/mol. The van der Waals surface area contributed by atoms with Gasteiger partial charge in [0.15, 0.2) is 5.82 Å². The summed E-state index contributed by atoms with van der Waals surface area (Å²) in [5, 5.41) is 23.6. The van der Waals surface area contributed by atoms with Gasteiger partial charge in [-0.05, 0) is 35.7 Å². The first-order valence-electron chi connectivity index (χ1n) is 8.20. The Balaban J connectivity index is 1.90. The summed E-state index contributed by atoms with van der Waals surface area (Å²) in [7, 11) is 0. The highest BCUT2D eigenvalue weighted by Crippen LogP contribution is 2.19. The number of aliphatic hydroxyl groups is 1. The van der Waals surface area contributed by atoms with Crippen LogP contribution in [0.2, 0.25) is 5.02 Å². The summed E-state index contributed by atoms with van der Waals surface area (Å²) in [6.45, 7) is 2.12. The number of benzene rings is 2. The zero-order valence-corrected chi connectivity index (χ0v) is 15.9. The van der Waals surface area contributed by atoms with Crippen molar-refractivity contribution in [2.45, 2.75) is 18.5 Å². The van der Waals surface area contributed by atoms with Crippen LogP contribution in [0.1, 0.15) is 22.5 Å². The fourth-order valence-electron chi connectivity index (χ4n) is 2.39. The first-order chi connectivity index (χ1) is 12.7. The van der Waals surface area contributed by atoms with Crippen molar-refractivity contribution >= 4 is 29.6 Å². The van der Waals surface area contributed by atoms with E-state index < -0.39 is 0 Å². The molecule has 3 rings (SSSR count). The van der Waals surface area contributed by atoms with Crippen LogP contribution in [0.3, 0.4) is 0 Å². The lowest BCUT2D eigenvalue weighted by molar-refractivity contribution is 0.322. The lowest BCUT2D eigenvalue weighted by atomic mass is 10.1. The van der Waals surface area contributed by atoms with E-state index in [0.717, 1.165) is 22.5 Å². The fourth-order valence-corrected chi connectivity index (χ4v) is 3.16. The molecular formula is C19H19ClN4OS. The monoisotopic (exact) mass is 386 g/mol. The van der Waals surface area contributed by atoms with Gasteiger partial charge < -0.3 is 5.11 Å². The first-order valence-corrected chi connectivity index (χ1v) is 9.56. The van der Waals surface area contributed by atoms with Crippen LogP contribution < -0.4 is 0 Å². The maximum Gasteiger partial charge on any atom is 0.212 e. The molecule has 7 heteroatoms. The van der Waals surface area contributed by atoms with Crippen molar-refractivity contribution in [1.29, 1.82) is 0 Å². The smallest absolute Gasteiger partial charge is 0.212 e. The summed E-state index contributed by atoms with van der Waals surface area (Å²) in [6.07, 6.45) is 2.40. The molecule has 134 valence electrons. The van der Waals surface area contributed by atoms with Crippen LogP contribution in [0, 0.1) is 6.92 Å². The lowest BCUT2D eigenvalue weighted by Gasteiger charge is -2.05. The van der Waals surface area contributed by atoms with Crippen LogP contribution in [0.25, 0.3) is 0 Å². The molecule has 3 aromatic rings. The van der Waals surface area contributed by atoms with E-state index in [1.807, 2.05) is 61.7 Å². The van der Waals surface area contributed by atoms with Crippen LogP contribution >= 0.6 is 23.4 Å². The van der Waals surface area contributed by atoms with E-state index in [0.29, 0.717) is 22.4 Å². The third kappa shape index (κ3) is 4.72. The van der Waals surface area contributed by atoms with Gasteiger partial charge in [-0.15, -0.1) is 10.2 Å². The standard InChI is InChI=1S/C19H19ClN4OS/c1-14-4-2-3-5-16(14)13-21-24-18(22-23-19(24)26-11-10-25)12-15-6-8-17(20)9-7-15/h2-9,13,25H,10-12H2,1H3/b21-13+. The molecule has 2 aromatic carbocycles. The SMILES string of the molecule is Cc1ccccc1/C=N/n1c(Cc2ccc(Cl)cc2)nnc1SCCO. The molecule has 0 bridgehead atoms. The number of nitrogens with zero attached hydrogens (tertiary/aromatic N) is 4. The van der Waals surface area contributed by atoms with Gasteiger partial charge in [-0.1, -0.05) is 59.8 Å². The number of hydrogen-bond acceptors (Lipinski definition) is 5. The van der Waals surface area contributed by atoms with Crippen LogP contribution in [0.4, 0.5) is 0 Å². The fraction of sp³-hybridized carbons (Fsp3) is 0.211. The molecule has 0 radical (unpaired) electrons. The maximum absolute atomic E-state index is 9.10. The Morgan fingerprint density at radius 2 is 1.92 bits per heavy atom. The van der Waals surface area contributed by atoms with Crippen LogP contribution in [0.15, 0.2) is 58.8 Å². The second kappa shape index (κ2) is 8.98. The van der Waals surface area contributed by atoms with E-state index in [-0.39, 0.29) is 6.61 Å². The summed E-state index contributed by atoms with van der Waals surface area (Å²) in [5.74, 6) is 1.27. The average Bonchev–Trinajstić information content (AvgIpc) is 3.02. The van der Waals surface area contributed by atoms with E-state index in [1.54, 1.807) is 4.68 Å². The van der Waals surface area contributed by atoms with Crippen molar-refractivity contribution in [3.8, 4) is 0 Å². The van der Waals surface area contributed by atoms with Crippen molar-refractivity contribution in [3.63, 3.8) is 0 Å². The third-order valence-electron chi connectivity index (χ3n) is 3.78. The molecule has 0 fully saturated rings. The highest BCUT2D eigenvalue weighted by atomic mass is 35.5. The molecule has 5 nitrogen and oxygen atoms in total. The predicted molar refractivity (Wildman–Crippen MR) is 106 cm³/mol. The average molecular weight is 387 g/mol. The maximum atomic E-state index is 9.10. The molecule has 0 atom stereocenters. The number of thioether (sulfide) groups is 1. The highest BCUT2D eigenvalue weighted by Gasteiger charge is 2.12. The van der Waals surface area contributed by atoms with E-state index in [1.165, 1.54) is 11.8 Å². The van der Waals surface area contributed by atoms with Crippen molar-refractivity contribution in [2.24, 2.45) is 5.10 Å². The van der Waals surface area contributed by atoms with Gasteiger partial charge in [-0.2, -0.15) is 9.78 Å². The molecule has 1 aromatic heterocycles. The summed E-state index contributed by atoms with van der Waals surface area (Å²) in [4.78, 5) is 0. The van der Waals surface area contributed by atoms with Gasteiger partial charge in [-0.25, -0.2) is 0 Å². The summed E-state index contributed by atoms with van der Waals surface area (Å²) < 4.78 is 1.74. The lowest BCUT2D eigenvalue weighted by Crippen LogP contribution is -2.02. The topological polar surface area (TPSA) is 63.3 Å². The molecule has 0 saturated heterocycles. The van der Waals surface area contributed by atoms with Gasteiger partial charge in [0.05, 0.1) is 12.8 Å². The van der Waals surface area contributed by atoms with Crippen LogP contribution in [0.5, 0.6) is 0 Å². The zero-order chi connectivity index (χ0) is 18.4. The largest absolute Gasteiger partial charge is 0.396 e. The minimum atomic E-state index is 0.0750. The quantitative estimate of drug-likeness (QED) is 0.495. The number of aryl methyl sites for hydroxylation is 1. The predicted octanol–water partition coefficient (Wildman–Crippen LogP) is 3.80. The second-order valence-corrected chi connectivity index (χ2v) is 7.19. The minimum Gasteiger partial charge on any atom is -0.396 e. The Bertz CT molecular complexity index is 893. The number of halogens is 1. The van der Waals surface area contributed by atoms with Crippen molar-refractivity contribution < 1.29 is 5.11 Å². The number of aliphatic hydroxyl groups excluding tert-OH is 1. The van der Waals surface area contributed by atoms with Gasteiger partial charge in [0, 0.05) is 17.2 Å². The molecule has 1 N–H and O–H groups in total. The Morgan fingerprint density at radius 1 is 1.15 bits per heavy atom. The molecule has 26 heavy (non-hydrogen) atoms. The van der Waals surface area contributed by atoms with Gasteiger partial charge in [0.2, 0.25) is 5.16 Å². The molecule has 0 amide bonds. The highest BCUT2D eigenvalue weighted by molar-refractivity contribution is 7.99. The number of aromatic nitrogens is 3. The van der Waals surface area contributed by atoms with Crippen LogP contribution in [-0.4, -0.2) is 38.6 Å². The van der Waals surface area contributed by atoms with E-state index in [2.05, 4.69) is 15.3 Å². The summed E-state index contributed by atoms with van der Waals surface area (Å²) >= 11 is 7.38. The number of hydrogen-bond donors (Lipinski definition) is 1. The van der Waals surface area contributed by atoms with Crippen molar-refractivity contribution in [3.05, 3.63) is 76.1 Å². The molecule has 0 unspecified atom stereocenters. The molecule has 1 heterocycles. The Morgan fingerprint density at radius 3 is 2.65 bits per heavy atom. The van der Waals surface area contributed by atoms with E-state index in [9.17, 15) is 0 Å². The zero-order valence-electron chi connectivity index (χ0n) is 14.3. The van der Waals surface area contributed by atoms with Crippen LogP contribution in [-0.2, 0) is 6.42 Å². The number of rotatable bonds is 7. The molecule has 0 aliphatic carbocycles. The van der Waals surface area contributed by atoms with Crippen molar-refractivity contribution in [1.82, 2.24) is 14.9 Å². The summed E-state index contributed by atoms with van der Waals surface area (Å²) in [5.41, 5.74) is 3.26. The molecule has 0 aliphatic rings. The first kappa shape index (κ1) is 18.6. The normalized spacial score (nSPS) is 11.3. The molecule has 0 saturated carbocycles. The van der Waals surface area contributed by atoms with Gasteiger partial charge in [-0.3, -0.25) is 0 Å². The second-order valence-electron chi connectivity index (χ2n) is 5.69. The Hall–Kier alpha value is -2.15. The third-order valence-corrected chi connectivity index (χ3v) is 4.93. The molecule has 0 aliphatic heterocycles. The van der Waals surface area contributed by atoms with Gasteiger partial charge in [0.1, 0.15) is 0 Å². The Labute approximate surface area is 161 Å². The summed E-state index contributed by atoms with van der Waals surface area (Å²) in [6, 6.07) is 15.7. The minimum absolute atomic E-state index is 0.0750. The van der Waals surface area contributed by atoms with E-state index >= 15 is 0 Å². The van der Waals surface area contributed by atoms with Crippen molar-refractivity contribution in [2.75, 3.05) is 12.4 Å². The Kier molecular flexibility index (Phi) is 6.44. The van der Waals surface area contributed by atoms with Gasteiger partial charge in [0.25, 0.3) is 0 Å². The van der Waals surface area contributed by atoms with Gasteiger partial charge >= 0.3 is 0 Å². The van der Waals surface area contributed by atoms with E-state index in [4.69, 9.17) is 16.7 Å².